The van der Waals surface area contributed by atoms with Crippen LogP contribution < -0.4 is 10.6 Å². The average molecular weight is 289 g/mol. The van der Waals surface area contributed by atoms with Crippen LogP contribution in [0.2, 0.25) is 5.02 Å². The van der Waals surface area contributed by atoms with Crippen LogP contribution in [0.4, 0.5) is 5.82 Å². The van der Waals surface area contributed by atoms with Crippen molar-refractivity contribution < 1.29 is 0 Å². The Morgan fingerprint density at radius 2 is 1.90 bits per heavy atom. The van der Waals surface area contributed by atoms with Crippen LogP contribution >= 0.6 is 11.6 Å². The topological polar surface area (TPSA) is 55.0 Å². The third-order valence-corrected chi connectivity index (χ3v) is 3.82. The first-order valence-electron chi connectivity index (χ1n) is 6.82. The van der Waals surface area contributed by atoms with Gasteiger partial charge in [0.05, 0.1) is 5.69 Å². The molecule has 104 valence electrons. The molecule has 1 aliphatic heterocycles. The zero-order valence-corrected chi connectivity index (χ0v) is 11.9. The molecule has 20 heavy (non-hydrogen) atoms. The minimum Gasteiger partial charge on any atom is -0.354 e. The number of anilines is 1. The summed E-state index contributed by atoms with van der Waals surface area (Å²) in [5, 5.41) is 9.35. The highest BCUT2D eigenvalue weighted by Gasteiger charge is 2.18. The number of benzene rings is 1. The van der Waals surface area contributed by atoms with Gasteiger partial charge in [0.2, 0.25) is 0 Å². The van der Waals surface area contributed by atoms with E-state index in [0.29, 0.717) is 0 Å². The van der Waals surface area contributed by atoms with Gasteiger partial charge in [-0.05, 0) is 37.1 Å². The fourth-order valence-electron chi connectivity index (χ4n) is 2.49. The van der Waals surface area contributed by atoms with Crippen molar-refractivity contribution >= 4 is 17.4 Å². The van der Waals surface area contributed by atoms with Gasteiger partial charge in [0, 0.05) is 29.7 Å². The van der Waals surface area contributed by atoms with E-state index in [9.17, 15) is 0 Å². The highest BCUT2D eigenvalue weighted by atomic mass is 35.5. The summed E-state index contributed by atoms with van der Waals surface area (Å²) in [5.74, 6) is 0.901. The molecule has 3 rings (SSSR count). The SMILES string of the molecule is NC1CCCN(c2ccc(-c3ccc(Cl)cc3)nn2)C1. The van der Waals surface area contributed by atoms with Crippen LogP contribution in [0.1, 0.15) is 12.8 Å². The molecule has 1 aromatic carbocycles. The van der Waals surface area contributed by atoms with Crippen molar-refractivity contribution in [3.8, 4) is 11.3 Å². The van der Waals surface area contributed by atoms with E-state index in [2.05, 4.69) is 15.1 Å². The number of hydrogen-bond acceptors (Lipinski definition) is 4. The second-order valence-electron chi connectivity index (χ2n) is 5.13. The monoisotopic (exact) mass is 288 g/mol. The van der Waals surface area contributed by atoms with Crippen LogP contribution in [-0.2, 0) is 0 Å². The van der Waals surface area contributed by atoms with Gasteiger partial charge in [-0.3, -0.25) is 0 Å². The number of halogens is 1. The molecule has 1 aliphatic rings. The lowest BCUT2D eigenvalue weighted by Crippen LogP contribution is -2.43. The van der Waals surface area contributed by atoms with Crippen molar-refractivity contribution in [2.24, 2.45) is 5.73 Å². The van der Waals surface area contributed by atoms with E-state index in [0.717, 1.165) is 48.0 Å². The first-order chi connectivity index (χ1) is 9.72. The molecular weight excluding hydrogens is 272 g/mol. The second-order valence-corrected chi connectivity index (χ2v) is 5.57. The van der Waals surface area contributed by atoms with Gasteiger partial charge in [0.1, 0.15) is 0 Å². The molecule has 0 amide bonds. The molecule has 0 radical (unpaired) electrons. The van der Waals surface area contributed by atoms with Crippen molar-refractivity contribution in [2.75, 3.05) is 18.0 Å². The highest BCUT2D eigenvalue weighted by Crippen LogP contribution is 2.22. The molecule has 2 aromatic rings. The Bertz CT molecular complexity index is 567. The molecule has 0 spiro atoms. The van der Waals surface area contributed by atoms with Crippen molar-refractivity contribution in [1.82, 2.24) is 10.2 Å². The first-order valence-corrected chi connectivity index (χ1v) is 7.20. The van der Waals surface area contributed by atoms with E-state index < -0.39 is 0 Å². The molecule has 1 atom stereocenters. The summed E-state index contributed by atoms with van der Waals surface area (Å²) in [6.45, 7) is 1.86. The lowest BCUT2D eigenvalue weighted by Gasteiger charge is -2.31. The Hall–Kier alpha value is -1.65. The molecule has 1 fully saturated rings. The summed E-state index contributed by atoms with van der Waals surface area (Å²) in [5.41, 5.74) is 7.87. The van der Waals surface area contributed by atoms with E-state index in [4.69, 9.17) is 17.3 Å². The lowest BCUT2D eigenvalue weighted by atomic mass is 10.1. The van der Waals surface area contributed by atoms with Crippen molar-refractivity contribution in [1.29, 1.82) is 0 Å². The summed E-state index contributed by atoms with van der Waals surface area (Å²) < 4.78 is 0. The van der Waals surface area contributed by atoms with Crippen LogP contribution in [0.15, 0.2) is 36.4 Å². The highest BCUT2D eigenvalue weighted by molar-refractivity contribution is 6.30. The normalized spacial score (nSPS) is 19.1. The summed E-state index contributed by atoms with van der Waals surface area (Å²) in [4.78, 5) is 2.20. The quantitative estimate of drug-likeness (QED) is 0.923. The van der Waals surface area contributed by atoms with E-state index >= 15 is 0 Å². The fraction of sp³-hybridized carbons (Fsp3) is 0.333. The molecule has 4 nitrogen and oxygen atoms in total. The third-order valence-electron chi connectivity index (χ3n) is 3.57. The second kappa shape index (κ2) is 5.77. The van der Waals surface area contributed by atoms with Gasteiger partial charge in [0.15, 0.2) is 5.82 Å². The van der Waals surface area contributed by atoms with E-state index in [1.54, 1.807) is 0 Å². The molecule has 1 aromatic heterocycles. The number of rotatable bonds is 2. The summed E-state index contributed by atoms with van der Waals surface area (Å²) in [7, 11) is 0. The van der Waals surface area contributed by atoms with Crippen molar-refractivity contribution in [2.45, 2.75) is 18.9 Å². The van der Waals surface area contributed by atoms with Gasteiger partial charge >= 0.3 is 0 Å². The minimum absolute atomic E-state index is 0.237. The number of nitrogens with zero attached hydrogens (tertiary/aromatic N) is 3. The predicted octanol–water partition coefficient (Wildman–Crippen LogP) is 2.72. The van der Waals surface area contributed by atoms with Crippen LogP contribution in [-0.4, -0.2) is 29.3 Å². The maximum Gasteiger partial charge on any atom is 0.151 e. The van der Waals surface area contributed by atoms with Crippen LogP contribution in [0, 0.1) is 0 Å². The van der Waals surface area contributed by atoms with Gasteiger partial charge in [-0.25, -0.2) is 0 Å². The summed E-state index contributed by atoms with van der Waals surface area (Å²) in [6, 6.07) is 11.8. The van der Waals surface area contributed by atoms with Gasteiger partial charge in [0.25, 0.3) is 0 Å². The number of nitrogens with two attached hydrogens (primary N) is 1. The summed E-state index contributed by atoms with van der Waals surface area (Å²) in [6.07, 6.45) is 2.20. The third kappa shape index (κ3) is 2.92. The largest absolute Gasteiger partial charge is 0.354 e. The molecule has 0 saturated carbocycles. The van der Waals surface area contributed by atoms with Gasteiger partial charge < -0.3 is 10.6 Å². The predicted molar refractivity (Wildman–Crippen MR) is 81.9 cm³/mol. The van der Waals surface area contributed by atoms with Gasteiger partial charge in [-0.2, -0.15) is 0 Å². The number of aromatic nitrogens is 2. The molecule has 1 unspecified atom stereocenters. The Morgan fingerprint density at radius 3 is 2.55 bits per heavy atom. The molecular formula is C15H17ClN4. The smallest absolute Gasteiger partial charge is 0.151 e. The zero-order valence-electron chi connectivity index (χ0n) is 11.2. The standard InChI is InChI=1S/C15H17ClN4/c16-12-5-3-11(4-6-12)14-7-8-15(19-18-14)20-9-1-2-13(17)10-20/h3-8,13H,1-2,9-10,17H2. The summed E-state index contributed by atoms with van der Waals surface area (Å²) >= 11 is 5.89. The van der Waals surface area contributed by atoms with Crippen LogP contribution in [0.3, 0.4) is 0 Å². The molecule has 1 saturated heterocycles. The average Bonchev–Trinajstić information content (AvgIpc) is 2.48. The maximum absolute atomic E-state index is 6.00. The van der Waals surface area contributed by atoms with Crippen molar-refractivity contribution in [3.05, 3.63) is 41.4 Å². The van der Waals surface area contributed by atoms with Gasteiger partial charge in [-0.15, -0.1) is 10.2 Å². The fourth-order valence-corrected chi connectivity index (χ4v) is 2.61. The van der Waals surface area contributed by atoms with Crippen LogP contribution in [0.5, 0.6) is 0 Å². The zero-order chi connectivity index (χ0) is 13.9. The van der Waals surface area contributed by atoms with Crippen molar-refractivity contribution in [3.63, 3.8) is 0 Å². The minimum atomic E-state index is 0.237. The lowest BCUT2D eigenvalue weighted by molar-refractivity contribution is 0.502. The molecule has 0 bridgehead atoms. The van der Waals surface area contributed by atoms with Crippen LogP contribution in [0.25, 0.3) is 11.3 Å². The Kier molecular flexibility index (Phi) is 3.85. The molecule has 5 heteroatoms. The van der Waals surface area contributed by atoms with E-state index in [1.165, 1.54) is 0 Å². The Labute approximate surface area is 123 Å². The molecule has 2 heterocycles. The number of hydrogen-bond donors (Lipinski definition) is 1. The first kappa shape index (κ1) is 13.3. The van der Waals surface area contributed by atoms with Gasteiger partial charge in [-0.1, -0.05) is 23.7 Å². The number of piperidine rings is 1. The van der Waals surface area contributed by atoms with E-state index in [1.807, 2.05) is 36.4 Å². The Balaban J connectivity index is 1.78. The molecule has 0 aliphatic carbocycles. The Morgan fingerprint density at radius 1 is 1.10 bits per heavy atom. The van der Waals surface area contributed by atoms with E-state index in [-0.39, 0.29) is 6.04 Å². The molecule has 2 N–H and O–H groups in total. The maximum atomic E-state index is 6.00.